The van der Waals surface area contributed by atoms with Crippen LogP contribution in [0.4, 0.5) is 0 Å². The number of hydrogen-bond donors (Lipinski definition) is 1. The van der Waals surface area contributed by atoms with E-state index in [1.165, 1.54) is 11.3 Å². The van der Waals surface area contributed by atoms with Crippen LogP contribution in [-0.2, 0) is 6.54 Å². The van der Waals surface area contributed by atoms with Crippen molar-refractivity contribution >= 4 is 11.8 Å². The van der Waals surface area contributed by atoms with Gasteiger partial charge < -0.3 is 15.0 Å². The Morgan fingerprint density at radius 1 is 1.29 bits per heavy atom. The summed E-state index contributed by atoms with van der Waals surface area (Å²) in [6.07, 6.45) is 2.14. The molecule has 1 N–H and O–H groups in total. The topological polar surface area (TPSA) is 24.5 Å². The van der Waals surface area contributed by atoms with Gasteiger partial charge in [0.2, 0.25) is 0 Å². The Morgan fingerprint density at radius 2 is 2.10 bits per heavy atom. The summed E-state index contributed by atoms with van der Waals surface area (Å²) >= 11 is 1.88. The zero-order valence-electron chi connectivity index (χ0n) is 13.9. The molecule has 0 aliphatic rings. The third kappa shape index (κ3) is 9.02. The predicted molar refractivity (Wildman–Crippen MR) is 94.4 cm³/mol. The third-order valence-electron chi connectivity index (χ3n) is 3.20. The maximum absolute atomic E-state index is 5.85. The van der Waals surface area contributed by atoms with E-state index < -0.39 is 0 Å². The summed E-state index contributed by atoms with van der Waals surface area (Å²) in [6, 6.07) is 8.38. The second kappa shape index (κ2) is 10.9. The number of rotatable bonds is 11. The van der Waals surface area contributed by atoms with Crippen molar-refractivity contribution in [1.82, 2.24) is 10.2 Å². The second-order valence-corrected chi connectivity index (χ2v) is 6.80. The molecule has 0 aliphatic heterocycles. The normalized spacial score (nSPS) is 11.3. The van der Waals surface area contributed by atoms with Crippen LogP contribution in [0.1, 0.15) is 19.4 Å². The van der Waals surface area contributed by atoms with Crippen molar-refractivity contribution in [2.45, 2.75) is 20.4 Å². The SMILES string of the molecule is CSCCN(C)CCOc1cccc(CNCC(C)C)c1. The van der Waals surface area contributed by atoms with Crippen LogP contribution in [0.15, 0.2) is 24.3 Å². The van der Waals surface area contributed by atoms with E-state index in [4.69, 9.17) is 4.74 Å². The van der Waals surface area contributed by atoms with Gasteiger partial charge in [0.25, 0.3) is 0 Å². The number of nitrogens with zero attached hydrogens (tertiary/aromatic N) is 1. The summed E-state index contributed by atoms with van der Waals surface area (Å²) in [5.74, 6) is 2.83. The summed E-state index contributed by atoms with van der Waals surface area (Å²) in [5.41, 5.74) is 1.28. The van der Waals surface area contributed by atoms with Crippen LogP contribution in [0.5, 0.6) is 5.75 Å². The first kappa shape index (κ1) is 18.3. The molecule has 21 heavy (non-hydrogen) atoms. The molecule has 0 fully saturated rings. The quantitative estimate of drug-likeness (QED) is 0.679. The standard InChI is InChI=1S/C17H30N2OS/c1-15(2)13-18-14-16-6-5-7-17(12-16)20-10-8-19(3)9-11-21-4/h5-7,12,15,18H,8-11,13-14H2,1-4H3. The fraction of sp³-hybridized carbons (Fsp3) is 0.647. The van der Waals surface area contributed by atoms with Crippen LogP contribution in [0.3, 0.4) is 0 Å². The highest BCUT2D eigenvalue weighted by Crippen LogP contribution is 2.13. The molecule has 0 saturated carbocycles. The summed E-state index contributed by atoms with van der Waals surface area (Å²) in [7, 11) is 2.14. The molecule has 0 aromatic heterocycles. The van der Waals surface area contributed by atoms with Crippen molar-refractivity contribution in [3.8, 4) is 5.75 Å². The van der Waals surface area contributed by atoms with Crippen molar-refractivity contribution in [2.24, 2.45) is 5.92 Å². The van der Waals surface area contributed by atoms with E-state index in [0.717, 1.165) is 38.5 Å². The van der Waals surface area contributed by atoms with Gasteiger partial charge in [-0.05, 0) is 43.5 Å². The molecule has 0 amide bonds. The Balaban J connectivity index is 2.28. The number of nitrogens with one attached hydrogen (secondary N) is 1. The molecule has 0 bridgehead atoms. The van der Waals surface area contributed by atoms with Crippen molar-refractivity contribution < 1.29 is 4.74 Å². The summed E-state index contributed by atoms with van der Waals surface area (Å²) < 4.78 is 5.85. The van der Waals surface area contributed by atoms with Gasteiger partial charge in [-0.25, -0.2) is 0 Å². The average molecular weight is 311 g/mol. The van der Waals surface area contributed by atoms with Gasteiger partial charge in [-0.3, -0.25) is 0 Å². The maximum atomic E-state index is 5.85. The molecule has 0 unspecified atom stereocenters. The smallest absolute Gasteiger partial charge is 0.119 e. The molecular formula is C17H30N2OS. The fourth-order valence-corrected chi connectivity index (χ4v) is 2.42. The van der Waals surface area contributed by atoms with E-state index >= 15 is 0 Å². The Kier molecular flexibility index (Phi) is 9.55. The van der Waals surface area contributed by atoms with Gasteiger partial charge in [-0.1, -0.05) is 26.0 Å². The van der Waals surface area contributed by atoms with Gasteiger partial charge in [0.05, 0.1) is 0 Å². The van der Waals surface area contributed by atoms with Crippen molar-refractivity contribution in [1.29, 1.82) is 0 Å². The largest absolute Gasteiger partial charge is 0.492 e. The molecule has 1 aromatic carbocycles. The van der Waals surface area contributed by atoms with Crippen LogP contribution in [0.2, 0.25) is 0 Å². The minimum Gasteiger partial charge on any atom is -0.492 e. The molecule has 0 spiro atoms. The van der Waals surface area contributed by atoms with Crippen molar-refractivity contribution in [2.75, 3.05) is 45.3 Å². The number of hydrogen-bond acceptors (Lipinski definition) is 4. The average Bonchev–Trinajstić information content (AvgIpc) is 2.45. The van der Waals surface area contributed by atoms with E-state index in [1.807, 2.05) is 17.8 Å². The van der Waals surface area contributed by atoms with E-state index in [-0.39, 0.29) is 0 Å². The lowest BCUT2D eigenvalue weighted by atomic mass is 10.2. The lowest BCUT2D eigenvalue weighted by molar-refractivity contribution is 0.244. The van der Waals surface area contributed by atoms with E-state index in [2.05, 4.69) is 55.6 Å². The number of ether oxygens (including phenoxy) is 1. The molecule has 1 aromatic rings. The van der Waals surface area contributed by atoms with Gasteiger partial charge in [-0.15, -0.1) is 0 Å². The Hall–Kier alpha value is -0.710. The van der Waals surface area contributed by atoms with Crippen LogP contribution in [0, 0.1) is 5.92 Å². The molecule has 0 radical (unpaired) electrons. The lowest BCUT2D eigenvalue weighted by Gasteiger charge is -2.16. The summed E-state index contributed by atoms with van der Waals surface area (Å²) in [5, 5.41) is 3.46. The van der Waals surface area contributed by atoms with Gasteiger partial charge in [0.1, 0.15) is 12.4 Å². The fourth-order valence-electron chi connectivity index (χ4n) is 1.93. The van der Waals surface area contributed by atoms with Crippen LogP contribution in [0.25, 0.3) is 0 Å². The van der Waals surface area contributed by atoms with Crippen LogP contribution >= 0.6 is 11.8 Å². The monoisotopic (exact) mass is 310 g/mol. The van der Waals surface area contributed by atoms with E-state index in [9.17, 15) is 0 Å². The molecule has 4 heteroatoms. The summed E-state index contributed by atoms with van der Waals surface area (Å²) in [6.45, 7) is 9.22. The third-order valence-corrected chi connectivity index (χ3v) is 3.79. The molecule has 0 saturated heterocycles. The molecule has 0 heterocycles. The van der Waals surface area contributed by atoms with Gasteiger partial charge in [-0.2, -0.15) is 11.8 Å². The minimum absolute atomic E-state index is 0.682. The Bertz CT molecular complexity index is 385. The number of likely N-dealkylation sites (N-methyl/N-ethyl adjacent to an activating group) is 1. The zero-order chi connectivity index (χ0) is 15.5. The second-order valence-electron chi connectivity index (χ2n) is 5.82. The highest BCUT2D eigenvalue weighted by molar-refractivity contribution is 7.98. The molecule has 0 aliphatic carbocycles. The highest BCUT2D eigenvalue weighted by Gasteiger charge is 2.01. The van der Waals surface area contributed by atoms with Gasteiger partial charge in [0.15, 0.2) is 0 Å². The number of thioether (sulfide) groups is 1. The van der Waals surface area contributed by atoms with Crippen LogP contribution in [-0.4, -0.2) is 50.2 Å². The lowest BCUT2D eigenvalue weighted by Crippen LogP contribution is -2.26. The van der Waals surface area contributed by atoms with E-state index in [0.29, 0.717) is 5.92 Å². The highest BCUT2D eigenvalue weighted by atomic mass is 32.2. The molecule has 120 valence electrons. The first-order valence-electron chi connectivity index (χ1n) is 7.71. The summed E-state index contributed by atoms with van der Waals surface area (Å²) in [4.78, 5) is 2.31. The predicted octanol–water partition coefficient (Wildman–Crippen LogP) is 3.11. The van der Waals surface area contributed by atoms with Crippen LogP contribution < -0.4 is 10.1 Å². The zero-order valence-corrected chi connectivity index (χ0v) is 14.7. The Morgan fingerprint density at radius 3 is 2.81 bits per heavy atom. The minimum atomic E-state index is 0.682. The van der Waals surface area contributed by atoms with Gasteiger partial charge in [0, 0.05) is 25.4 Å². The molecule has 0 atom stereocenters. The Labute approximate surface area is 134 Å². The molecule has 3 nitrogen and oxygen atoms in total. The molecular weight excluding hydrogens is 280 g/mol. The molecule has 1 rings (SSSR count). The van der Waals surface area contributed by atoms with Crippen molar-refractivity contribution in [3.05, 3.63) is 29.8 Å². The number of benzene rings is 1. The first-order valence-corrected chi connectivity index (χ1v) is 9.11. The van der Waals surface area contributed by atoms with Gasteiger partial charge >= 0.3 is 0 Å². The maximum Gasteiger partial charge on any atom is 0.119 e. The van der Waals surface area contributed by atoms with Crippen molar-refractivity contribution in [3.63, 3.8) is 0 Å². The first-order chi connectivity index (χ1) is 10.1. The van der Waals surface area contributed by atoms with E-state index in [1.54, 1.807) is 0 Å².